The van der Waals surface area contributed by atoms with Gasteiger partial charge in [-0.05, 0) is 30.2 Å². The van der Waals surface area contributed by atoms with Crippen LogP contribution in [0, 0.1) is 5.92 Å². The Morgan fingerprint density at radius 2 is 2.10 bits per heavy atom. The Balaban J connectivity index is 2.01. The molecule has 1 heterocycles. The van der Waals surface area contributed by atoms with Crippen LogP contribution in [0.25, 0.3) is 6.08 Å². The molecule has 4 nitrogen and oxygen atoms in total. The summed E-state index contributed by atoms with van der Waals surface area (Å²) in [6.07, 6.45) is 3.70. The molecule has 0 aromatic heterocycles. The molecule has 0 bridgehead atoms. The van der Waals surface area contributed by atoms with Gasteiger partial charge in [-0.1, -0.05) is 29.3 Å². The lowest BCUT2D eigenvalue weighted by atomic mass is 10.1. The van der Waals surface area contributed by atoms with Crippen LogP contribution in [0.15, 0.2) is 24.3 Å². The van der Waals surface area contributed by atoms with Crippen molar-refractivity contribution in [2.45, 2.75) is 6.42 Å². The quantitative estimate of drug-likeness (QED) is 0.871. The maximum Gasteiger partial charge on any atom is 0.246 e. The molecule has 6 heteroatoms. The Bertz CT molecular complexity index is 572. The fourth-order valence-electron chi connectivity index (χ4n) is 2.10. The minimum absolute atomic E-state index is 0.153. The molecule has 1 aliphatic heterocycles. The van der Waals surface area contributed by atoms with E-state index in [0.717, 1.165) is 5.56 Å². The SMILES string of the molecule is NC(=O)[C@H]1CCN(C(=O)/C=C/c2ccc(Cl)cc2Cl)C1. The van der Waals surface area contributed by atoms with E-state index in [1.165, 1.54) is 6.08 Å². The number of benzene rings is 1. The Morgan fingerprint density at radius 3 is 2.70 bits per heavy atom. The van der Waals surface area contributed by atoms with Crippen LogP contribution >= 0.6 is 23.2 Å². The van der Waals surface area contributed by atoms with Gasteiger partial charge in [0.2, 0.25) is 11.8 Å². The smallest absolute Gasteiger partial charge is 0.246 e. The van der Waals surface area contributed by atoms with Crippen molar-refractivity contribution in [1.82, 2.24) is 4.90 Å². The molecule has 106 valence electrons. The molecule has 1 aliphatic rings. The van der Waals surface area contributed by atoms with E-state index < -0.39 is 0 Å². The van der Waals surface area contributed by atoms with E-state index in [-0.39, 0.29) is 17.7 Å². The van der Waals surface area contributed by atoms with Crippen LogP contribution in [0.2, 0.25) is 10.0 Å². The molecule has 1 atom stereocenters. The van der Waals surface area contributed by atoms with E-state index in [1.807, 2.05) is 0 Å². The van der Waals surface area contributed by atoms with E-state index in [0.29, 0.717) is 29.6 Å². The second-order valence-electron chi connectivity index (χ2n) is 4.67. The van der Waals surface area contributed by atoms with E-state index in [1.54, 1.807) is 29.2 Å². The number of primary amides is 1. The lowest BCUT2D eigenvalue weighted by Gasteiger charge is -2.13. The number of rotatable bonds is 3. The third-order valence-electron chi connectivity index (χ3n) is 3.27. The van der Waals surface area contributed by atoms with Crippen LogP contribution in [0.3, 0.4) is 0 Å². The first-order valence-electron chi connectivity index (χ1n) is 6.18. The summed E-state index contributed by atoms with van der Waals surface area (Å²) in [5.74, 6) is -0.753. The number of nitrogens with zero attached hydrogens (tertiary/aromatic N) is 1. The molecule has 0 spiro atoms. The van der Waals surface area contributed by atoms with Crippen molar-refractivity contribution in [3.63, 3.8) is 0 Å². The normalized spacial score (nSPS) is 18.7. The van der Waals surface area contributed by atoms with Crippen molar-refractivity contribution in [3.8, 4) is 0 Å². The highest BCUT2D eigenvalue weighted by atomic mass is 35.5. The van der Waals surface area contributed by atoms with Gasteiger partial charge < -0.3 is 10.6 Å². The maximum atomic E-state index is 12.0. The number of hydrogen-bond acceptors (Lipinski definition) is 2. The summed E-state index contributed by atoms with van der Waals surface area (Å²) < 4.78 is 0. The maximum absolute atomic E-state index is 12.0. The van der Waals surface area contributed by atoms with Crippen molar-refractivity contribution < 1.29 is 9.59 Å². The van der Waals surface area contributed by atoms with E-state index in [2.05, 4.69) is 0 Å². The third kappa shape index (κ3) is 3.52. The van der Waals surface area contributed by atoms with Gasteiger partial charge in [-0.2, -0.15) is 0 Å². The monoisotopic (exact) mass is 312 g/mol. The molecule has 20 heavy (non-hydrogen) atoms. The summed E-state index contributed by atoms with van der Waals surface area (Å²) in [5, 5.41) is 1.03. The van der Waals surface area contributed by atoms with Gasteiger partial charge in [0.1, 0.15) is 0 Å². The van der Waals surface area contributed by atoms with E-state index in [4.69, 9.17) is 28.9 Å². The molecular weight excluding hydrogens is 299 g/mol. The van der Waals surface area contributed by atoms with Crippen molar-refractivity contribution in [3.05, 3.63) is 39.9 Å². The number of amides is 2. The van der Waals surface area contributed by atoms with Crippen LogP contribution in [0.5, 0.6) is 0 Å². The van der Waals surface area contributed by atoms with Gasteiger partial charge in [0.15, 0.2) is 0 Å². The third-order valence-corrected chi connectivity index (χ3v) is 3.83. The van der Waals surface area contributed by atoms with Crippen LogP contribution < -0.4 is 5.73 Å². The van der Waals surface area contributed by atoms with Gasteiger partial charge in [-0.3, -0.25) is 9.59 Å². The highest BCUT2D eigenvalue weighted by Gasteiger charge is 2.28. The molecule has 0 aliphatic carbocycles. The van der Waals surface area contributed by atoms with Crippen LogP contribution in [-0.4, -0.2) is 29.8 Å². The molecule has 0 unspecified atom stereocenters. The molecule has 1 fully saturated rings. The average Bonchev–Trinajstić information content (AvgIpc) is 2.87. The van der Waals surface area contributed by atoms with Gasteiger partial charge in [0.25, 0.3) is 0 Å². The minimum Gasteiger partial charge on any atom is -0.369 e. The second kappa shape index (κ2) is 6.29. The molecule has 2 rings (SSSR count). The van der Waals surface area contributed by atoms with Gasteiger partial charge in [-0.15, -0.1) is 0 Å². The molecular formula is C14H14Cl2N2O2. The zero-order chi connectivity index (χ0) is 14.7. The van der Waals surface area contributed by atoms with Crippen LogP contribution in [0.1, 0.15) is 12.0 Å². The van der Waals surface area contributed by atoms with Gasteiger partial charge in [0.05, 0.1) is 5.92 Å². The standard InChI is InChI=1S/C14H14Cl2N2O2/c15-11-3-1-9(12(16)7-11)2-4-13(19)18-6-5-10(8-18)14(17)20/h1-4,7,10H,5-6,8H2,(H2,17,20)/b4-2+/t10-/m0/s1. The molecule has 1 aromatic carbocycles. The minimum atomic E-state index is -0.356. The van der Waals surface area contributed by atoms with Gasteiger partial charge >= 0.3 is 0 Å². The first kappa shape index (κ1) is 14.9. The fourth-order valence-corrected chi connectivity index (χ4v) is 2.57. The van der Waals surface area contributed by atoms with Crippen molar-refractivity contribution in [1.29, 1.82) is 0 Å². The molecule has 1 saturated heterocycles. The predicted molar refractivity (Wildman–Crippen MR) is 79.4 cm³/mol. The lowest BCUT2D eigenvalue weighted by molar-refractivity contribution is -0.125. The zero-order valence-corrected chi connectivity index (χ0v) is 12.2. The number of carbonyl (C=O) groups excluding carboxylic acids is 2. The summed E-state index contributed by atoms with van der Waals surface area (Å²) >= 11 is 11.8. The fraction of sp³-hybridized carbons (Fsp3) is 0.286. The molecule has 2 amide bonds. The first-order chi connectivity index (χ1) is 9.47. The van der Waals surface area contributed by atoms with Crippen LogP contribution in [0.4, 0.5) is 0 Å². The second-order valence-corrected chi connectivity index (χ2v) is 5.52. The number of nitrogens with two attached hydrogens (primary N) is 1. The van der Waals surface area contributed by atoms with Gasteiger partial charge in [-0.25, -0.2) is 0 Å². The van der Waals surface area contributed by atoms with Crippen LogP contribution in [-0.2, 0) is 9.59 Å². The van der Waals surface area contributed by atoms with Crippen molar-refractivity contribution in [2.75, 3.05) is 13.1 Å². The summed E-state index contributed by atoms with van der Waals surface area (Å²) in [6, 6.07) is 5.06. The van der Waals surface area contributed by atoms with Crippen molar-refractivity contribution in [2.24, 2.45) is 11.7 Å². The largest absolute Gasteiger partial charge is 0.369 e. The summed E-state index contributed by atoms with van der Waals surface area (Å²) in [6.45, 7) is 0.929. The molecule has 0 radical (unpaired) electrons. The number of hydrogen-bond donors (Lipinski definition) is 1. The average molecular weight is 313 g/mol. The number of carbonyl (C=O) groups is 2. The molecule has 1 aromatic rings. The van der Waals surface area contributed by atoms with Gasteiger partial charge in [0, 0.05) is 29.2 Å². The van der Waals surface area contributed by atoms with E-state index >= 15 is 0 Å². The Kier molecular flexibility index (Phi) is 4.68. The topological polar surface area (TPSA) is 63.4 Å². The predicted octanol–water partition coefficient (Wildman–Crippen LogP) is 2.34. The lowest BCUT2D eigenvalue weighted by Crippen LogP contribution is -2.30. The highest BCUT2D eigenvalue weighted by Crippen LogP contribution is 2.22. The molecule has 0 saturated carbocycles. The van der Waals surface area contributed by atoms with E-state index in [9.17, 15) is 9.59 Å². The van der Waals surface area contributed by atoms with Crippen molar-refractivity contribution >= 4 is 41.1 Å². The summed E-state index contributed by atoms with van der Waals surface area (Å²) in [5.41, 5.74) is 5.95. The number of halogens is 2. The summed E-state index contributed by atoms with van der Waals surface area (Å²) in [7, 11) is 0. The Labute approximate surface area is 127 Å². The molecule has 2 N–H and O–H groups in total. The Hall–Kier alpha value is -1.52. The Morgan fingerprint density at radius 1 is 1.35 bits per heavy atom. The summed E-state index contributed by atoms with van der Waals surface area (Å²) in [4.78, 5) is 24.7. The number of likely N-dealkylation sites (tertiary alicyclic amines) is 1. The first-order valence-corrected chi connectivity index (χ1v) is 6.94. The highest BCUT2D eigenvalue weighted by molar-refractivity contribution is 6.35. The zero-order valence-electron chi connectivity index (χ0n) is 10.7.